The first-order chi connectivity index (χ1) is 20.7. The van der Waals surface area contributed by atoms with Crippen LogP contribution in [0.4, 0.5) is 5.69 Å². The Labute approximate surface area is 256 Å². The zero-order chi connectivity index (χ0) is 30.8. The lowest BCUT2D eigenvalue weighted by molar-refractivity contribution is -0.140. The van der Waals surface area contributed by atoms with Gasteiger partial charge in [-0.2, -0.15) is 0 Å². The van der Waals surface area contributed by atoms with Gasteiger partial charge in [0.15, 0.2) is 0 Å². The molecule has 3 aromatic rings. The van der Waals surface area contributed by atoms with Crippen LogP contribution in [0.15, 0.2) is 78.9 Å². The molecule has 1 N–H and O–H groups in total. The molecule has 3 aromatic carbocycles. The molecular formula is C34H43N3O5S. The zero-order valence-corrected chi connectivity index (χ0v) is 26.2. The van der Waals surface area contributed by atoms with Gasteiger partial charge < -0.3 is 15.0 Å². The summed E-state index contributed by atoms with van der Waals surface area (Å²) < 4.78 is 33.0. The van der Waals surface area contributed by atoms with E-state index in [1.165, 1.54) is 0 Å². The van der Waals surface area contributed by atoms with Crippen LogP contribution in [0.3, 0.4) is 0 Å². The van der Waals surface area contributed by atoms with Crippen molar-refractivity contribution in [3.63, 3.8) is 0 Å². The van der Waals surface area contributed by atoms with Crippen molar-refractivity contribution in [3.05, 3.63) is 95.6 Å². The van der Waals surface area contributed by atoms with E-state index in [1.54, 1.807) is 29.2 Å². The van der Waals surface area contributed by atoms with Crippen molar-refractivity contribution in [2.45, 2.75) is 71.0 Å². The van der Waals surface area contributed by atoms with Crippen molar-refractivity contribution in [3.8, 4) is 5.75 Å². The summed E-state index contributed by atoms with van der Waals surface area (Å²) in [4.78, 5) is 30.0. The summed E-state index contributed by atoms with van der Waals surface area (Å²) in [5.74, 6) is -0.334. The molecule has 9 heteroatoms. The lowest BCUT2D eigenvalue weighted by Crippen LogP contribution is -2.55. The van der Waals surface area contributed by atoms with Gasteiger partial charge in [0.05, 0.1) is 18.6 Å². The molecule has 0 aliphatic heterocycles. The van der Waals surface area contributed by atoms with Crippen LogP contribution in [0.2, 0.25) is 0 Å². The third kappa shape index (κ3) is 9.07. The molecule has 0 heterocycles. The van der Waals surface area contributed by atoms with Gasteiger partial charge in [0.2, 0.25) is 21.8 Å². The Hall–Kier alpha value is -3.85. The summed E-state index contributed by atoms with van der Waals surface area (Å²) in [5, 5.41) is 3.23. The molecule has 1 aliphatic rings. The topological polar surface area (TPSA) is 96.0 Å². The molecule has 0 aromatic heterocycles. The summed E-state index contributed by atoms with van der Waals surface area (Å²) in [5.41, 5.74) is 3.08. The minimum Gasteiger partial charge on any atom is -0.492 e. The number of sulfonamides is 1. The SMILES string of the molecule is CCOc1ccccc1N(CC(=O)N(Cc1cccc(C)c1)[C@@H](Cc1ccccc1)C(=O)NC1CCCCC1)S(C)(=O)=O. The van der Waals surface area contributed by atoms with Gasteiger partial charge in [0, 0.05) is 19.0 Å². The number of anilines is 1. The van der Waals surface area contributed by atoms with Gasteiger partial charge in [-0.25, -0.2) is 8.42 Å². The second-order valence-electron chi connectivity index (χ2n) is 11.2. The number of hydrogen-bond acceptors (Lipinski definition) is 5. The van der Waals surface area contributed by atoms with Crippen LogP contribution < -0.4 is 14.4 Å². The number of amides is 2. The summed E-state index contributed by atoms with van der Waals surface area (Å²) in [6.45, 7) is 3.80. The van der Waals surface area contributed by atoms with E-state index in [0.717, 1.165) is 59.4 Å². The van der Waals surface area contributed by atoms with E-state index in [9.17, 15) is 18.0 Å². The summed E-state index contributed by atoms with van der Waals surface area (Å²) >= 11 is 0. The van der Waals surface area contributed by atoms with E-state index < -0.39 is 28.5 Å². The Bertz CT molecular complexity index is 1470. The minimum atomic E-state index is -3.89. The van der Waals surface area contributed by atoms with Crippen molar-refractivity contribution >= 4 is 27.5 Å². The van der Waals surface area contributed by atoms with Crippen LogP contribution >= 0.6 is 0 Å². The molecule has 0 saturated heterocycles. The fourth-order valence-electron chi connectivity index (χ4n) is 5.64. The van der Waals surface area contributed by atoms with Gasteiger partial charge in [-0.1, -0.05) is 91.6 Å². The average Bonchev–Trinajstić information content (AvgIpc) is 2.98. The Balaban J connectivity index is 1.74. The highest BCUT2D eigenvalue weighted by Gasteiger charge is 2.34. The second kappa shape index (κ2) is 15.0. The standard InChI is InChI=1S/C34H43N3O5S/c1-4-42-32-21-12-11-20-30(32)37(43(3,40)41)25-33(38)36(24-28-17-13-14-26(2)22-28)31(23-27-15-7-5-8-16-27)34(39)35-29-18-9-6-10-19-29/h5,7-8,11-17,20-22,29,31H,4,6,9-10,18-19,23-25H2,1-3H3,(H,35,39)/t31-/m0/s1. The van der Waals surface area contributed by atoms with Crippen LogP contribution in [-0.4, -0.2) is 56.6 Å². The highest BCUT2D eigenvalue weighted by Crippen LogP contribution is 2.30. The van der Waals surface area contributed by atoms with E-state index in [4.69, 9.17) is 4.74 Å². The van der Waals surface area contributed by atoms with Gasteiger partial charge in [-0.3, -0.25) is 13.9 Å². The number of nitrogens with one attached hydrogen (secondary N) is 1. The molecule has 0 spiro atoms. The Kier molecular flexibility index (Phi) is 11.2. The fourth-order valence-corrected chi connectivity index (χ4v) is 6.49. The van der Waals surface area contributed by atoms with E-state index in [2.05, 4.69) is 5.32 Å². The maximum atomic E-state index is 14.4. The van der Waals surface area contributed by atoms with Crippen molar-refractivity contribution in [1.29, 1.82) is 0 Å². The average molecular weight is 606 g/mol. The highest BCUT2D eigenvalue weighted by atomic mass is 32.2. The maximum Gasteiger partial charge on any atom is 0.244 e. The number of aryl methyl sites for hydroxylation is 1. The smallest absolute Gasteiger partial charge is 0.244 e. The number of benzene rings is 3. The first-order valence-electron chi connectivity index (χ1n) is 15.0. The molecule has 1 atom stereocenters. The van der Waals surface area contributed by atoms with Crippen molar-refractivity contribution in [1.82, 2.24) is 10.2 Å². The fraction of sp³-hybridized carbons (Fsp3) is 0.412. The predicted octanol–water partition coefficient (Wildman–Crippen LogP) is 5.25. The third-order valence-corrected chi connectivity index (χ3v) is 8.90. The van der Waals surface area contributed by atoms with Gasteiger partial charge in [0.25, 0.3) is 0 Å². The molecule has 0 radical (unpaired) electrons. The number of nitrogens with zero attached hydrogens (tertiary/aromatic N) is 2. The van der Waals surface area contributed by atoms with Crippen LogP contribution in [0.25, 0.3) is 0 Å². The molecule has 1 aliphatic carbocycles. The number of hydrogen-bond donors (Lipinski definition) is 1. The van der Waals surface area contributed by atoms with E-state index in [-0.39, 0.29) is 24.2 Å². The summed E-state index contributed by atoms with van der Waals surface area (Å²) in [7, 11) is -3.89. The maximum absolute atomic E-state index is 14.4. The zero-order valence-electron chi connectivity index (χ0n) is 25.4. The number of carbonyl (C=O) groups is 2. The highest BCUT2D eigenvalue weighted by molar-refractivity contribution is 7.92. The molecule has 4 rings (SSSR count). The molecule has 0 unspecified atom stereocenters. The van der Waals surface area contributed by atoms with Crippen molar-refractivity contribution in [2.75, 3.05) is 23.7 Å². The molecule has 230 valence electrons. The molecule has 43 heavy (non-hydrogen) atoms. The Morgan fingerprint density at radius 1 is 0.930 bits per heavy atom. The first kappa shape index (κ1) is 32.1. The number of para-hydroxylation sites is 2. The Morgan fingerprint density at radius 3 is 2.28 bits per heavy atom. The number of rotatable bonds is 13. The molecule has 2 amide bonds. The minimum absolute atomic E-state index is 0.0565. The first-order valence-corrected chi connectivity index (χ1v) is 16.9. The lowest BCUT2D eigenvalue weighted by Gasteiger charge is -2.35. The van der Waals surface area contributed by atoms with Crippen LogP contribution in [0.1, 0.15) is 55.7 Å². The van der Waals surface area contributed by atoms with E-state index >= 15 is 0 Å². The lowest BCUT2D eigenvalue weighted by atomic mass is 9.94. The normalized spacial score (nSPS) is 14.5. The predicted molar refractivity (Wildman–Crippen MR) is 170 cm³/mol. The van der Waals surface area contributed by atoms with Crippen LogP contribution in [0.5, 0.6) is 5.75 Å². The number of ether oxygens (including phenoxy) is 1. The largest absolute Gasteiger partial charge is 0.492 e. The van der Waals surface area contributed by atoms with Crippen LogP contribution in [-0.2, 0) is 32.6 Å². The van der Waals surface area contributed by atoms with E-state index in [0.29, 0.717) is 18.8 Å². The van der Waals surface area contributed by atoms with Gasteiger partial charge >= 0.3 is 0 Å². The third-order valence-electron chi connectivity index (χ3n) is 7.77. The van der Waals surface area contributed by atoms with E-state index in [1.807, 2.05) is 68.4 Å². The Morgan fingerprint density at radius 2 is 1.60 bits per heavy atom. The molecule has 0 bridgehead atoms. The molecular weight excluding hydrogens is 562 g/mol. The molecule has 1 saturated carbocycles. The van der Waals surface area contributed by atoms with Crippen molar-refractivity contribution in [2.24, 2.45) is 0 Å². The summed E-state index contributed by atoms with van der Waals surface area (Å²) in [6, 6.07) is 23.4. The molecule has 1 fully saturated rings. The monoisotopic (exact) mass is 605 g/mol. The number of carbonyl (C=O) groups excluding carboxylic acids is 2. The van der Waals surface area contributed by atoms with Crippen molar-refractivity contribution < 1.29 is 22.7 Å². The van der Waals surface area contributed by atoms with Gasteiger partial charge in [-0.15, -0.1) is 0 Å². The van der Waals surface area contributed by atoms with Gasteiger partial charge in [0.1, 0.15) is 18.3 Å². The summed E-state index contributed by atoms with van der Waals surface area (Å²) in [6.07, 6.45) is 6.46. The van der Waals surface area contributed by atoms with Gasteiger partial charge in [-0.05, 0) is 49.9 Å². The molecule has 8 nitrogen and oxygen atoms in total. The quantitative estimate of drug-likeness (QED) is 0.287. The van der Waals surface area contributed by atoms with Crippen LogP contribution in [0, 0.1) is 6.92 Å². The second-order valence-corrected chi connectivity index (χ2v) is 13.1.